The second-order valence-electron chi connectivity index (χ2n) is 10.4. The zero-order valence-corrected chi connectivity index (χ0v) is 27.0. The number of benzene rings is 2. The van der Waals surface area contributed by atoms with Gasteiger partial charge in [0.1, 0.15) is 17.5 Å². The van der Waals surface area contributed by atoms with Crippen molar-refractivity contribution in [2.45, 2.75) is 66.7 Å². The Morgan fingerprint density at radius 1 is 0.953 bits per heavy atom. The second-order valence-corrected chi connectivity index (χ2v) is 10.4. The molecule has 0 spiro atoms. The number of amidine groups is 1. The van der Waals surface area contributed by atoms with Crippen LogP contribution in [0.2, 0.25) is 0 Å². The molecular weight excluding hydrogens is 544 g/mol. The summed E-state index contributed by atoms with van der Waals surface area (Å²) in [7, 11) is 1.73. The molecular formula is C35H51F2N5O. The van der Waals surface area contributed by atoms with Gasteiger partial charge in [-0.15, -0.1) is 0 Å². The van der Waals surface area contributed by atoms with Gasteiger partial charge in [0.05, 0.1) is 11.4 Å². The molecule has 2 aromatic carbocycles. The lowest BCUT2D eigenvalue weighted by Gasteiger charge is -2.27. The summed E-state index contributed by atoms with van der Waals surface area (Å²) in [6, 6.07) is 12.2. The van der Waals surface area contributed by atoms with Gasteiger partial charge >= 0.3 is 0 Å². The molecule has 0 radical (unpaired) electrons. The number of nitrogens with zero attached hydrogens (tertiary/aromatic N) is 4. The fourth-order valence-corrected chi connectivity index (χ4v) is 4.58. The van der Waals surface area contributed by atoms with Crippen LogP contribution >= 0.6 is 0 Å². The van der Waals surface area contributed by atoms with Gasteiger partial charge in [0, 0.05) is 33.2 Å². The highest BCUT2D eigenvalue weighted by molar-refractivity contribution is 5.98. The summed E-state index contributed by atoms with van der Waals surface area (Å²) in [5.41, 5.74) is 2.86. The van der Waals surface area contributed by atoms with E-state index in [0.717, 1.165) is 22.9 Å². The minimum Gasteiger partial charge on any atom is -0.357 e. The average molecular weight is 596 g/mol. The number of amides is 1. The molecule has 43 heavy (non-hydrogen) atoms. The summed E-state index contributed by atoms with van der Waals surface area (Å²) >= 11 is 0. The Hall–Kier alpha value is -3.81. The molecule has 1 N–H and O–H groups in total. The Labute approximate surface area is 258 Å². The normalized spacial score (nSPS) is 11.7. The average Bonchev–Trinajstić information content (AvgIpc) is 2.99. The molecule has 0 aliphatic rings. The summed E-state index contributed by atoms with van der Waals surface area (Å²) in [6.07, 6.45) is 10.7. The quantitative estimate of drug-likeness (QED) is 0.0664. The van der Waals surface area contributed by atoms with Gasteiger partial charge < -0.3 is 10.2 Å². The molecule has 2 rings (SSSR count). The van der Waals surface area contributed by atoms with E-state index in [0.29, 0.717) is 50.4 Å². The molecule has 1 amide bonds. The molecule has 0 aliphatic carbocycles. The first-order valence-electron chi connectivity index (χ1n) is 15.2. The molecule has 0 atom stereocenters. The summed E-state index contributed by atoms with van der Waals surface area (Å²) in [6.45, 7) is 17.1. The summed E-state index contributed by atoms with van der Waals surface area (Å²) in [5, 5.41) is 9.23. The van der Waals surface area contributed by atoms with Crippen molar-refractivity contribution in [1.82, 2.24) is 15.2 Å². The van der Waals surface area contributed by atoms with Gasteiger partial charge in [-0.2, -0.15) is 5.10 Å². The van der Waals surface area contributed by atoms with Crippen molar-refractivity contribution in [3.05, 3.63) is 90.0 Å². The van der Waals surface area contributed by atoms with Crippen molar-refractivity contribution in [2.75, 3.05) is 33.2 Å². The lowest BCUT2D eigenvalue weighted by molar-refractivity contribution is -0.109. The molecule has 2 aromatic rings. The number of hydrazone groups is 1. The second kappa shape index (κ2) is 21.8. The van der Waals surface area contributed by atoms with Crippen LogP contribution in [0.25, 0.3) is 5.70 Å². The minimum atomic E-state index is -0.325. The van der Waals surface area contributed by atoms with E-state index in [9.17, 15) is 13.6 Å². The molecule has 0 heterocycles. The van der Waals surface area contributed by atoms with E-state index in [1.807, 2.05) is 26.0 Å². The molecule has 0 unspecified atom stereocenters. The number of allylic oxidation sites excluding steroid dienone is 1. The van der Waals surface area contributed by atoms with Crippen LogP contribution in [-0.2, 0) is 4.79 Å². The largest absolute Gasteiger partial charge is 0.357 e. The van der Waals surface area contributed by atoms with E-state index >= 15 is 0 Å². The van der Waals surface area contributed by atoms with Gasteiger partial charge in [-0.05, 0) is 79.8 Å². The zero-order chi connectivity index (χ0) is 32.0. The SMILES string of the molecule is C=C(c1ccc(F)cc1)N(CCCN(CCNC=O)C(/C=C\C)=NC)/N=C(\C)c1ccc(F)cc1.CCCC(C)CCC. The van der Waals surface area contributed by atoms with Crippen LogP contribution in [0.4, 0.5) is 8.78 Å². The van der Waals surface area contributed by atoms with Crippen LogP contribution in [0, 0.1) is 17.6 Å². The number of nitrogens with one attached hydrogen (secondary N) is 1. The highest BCUT2D eigenvalue weighted by atomic mass is 19.1. The molecule has 0 aromatic heterocycles. The van der Waals surface area contributed by atoms with E-state index in [4.69, 9.17) is 5.10 Å². The highest BCUT2D eigenvalue weighted by Crippen LogP contribution is 2.20. The van der Waals surface area contributed by atoms with Crippen molar-refractivity contribution in [2.24, 2.45) is 16.0 Å². The number of rotatable bonds is 17. The van der Waals surface area contributed by atoms with Crippen LogP contribution in [0.1, 0.15) is 77.8 Å². The van der Waals surface area contributed by atoms with Crippen molar-refractivity contribution >= 4 is 23.7 Å². The summed E-state index contributed by atoms with van der Waals surface area (Å²) < 4.78 is 26.8. The Morgan fingerprint density at radius 3 is 2.00 bits per heavy atom. The van der Waals surface area contributed by atoms with Crippen LogP contribution in [-0.4, -0.2) is 61.1 Å². The molecule has 0 saturated heterocycles. The van der Waals surface area contributed by atoms with Crippen molar-refractivity contribution in [3.63, 3.8) is 0 Å². The number of carbonyl (C=O) groups excluding carboxylic acids is 1. The van der Waals surface area contributed by atoms with Gasteiger partial charge in [0.25, 0.3) is 0 Å². The Kier molecular flexibility index (Phi) is 18.9. The maximum Gasteiger partial charge on any atom is 0.207 e. The van der Waals surface area contributed by atoms with E-state index < -0.39 is 0 Å². The van der Waals surface area contributed by atoms with Gasteiger partial charge in [0.2, 0.25) is 6.41 Å². The third-order valence-corrected chi connectivity index (χ3v) is 6.86. The monoisotopic (exact) mass is 595 g/mol. The molecule has 8 heteroatoms. The van der Waals surface area contributed by atoms with Gasteiger partial charge in [-0.1, -0.05) is 71.2 Å². The zero-order valence-electron chi connectivity index (χ0n) is 27.0. The van der Waals surface area contributed by atoms with Crippen molar-refractivity contribution in [1.29, 1.82) is 0 Å². The van der Waals surface area contributed by atoms with Crippen LogP contribution in [0.3, 0.4) is 0 Å². The third kappa shape index (κ3) is 14.8. The highest BCUT2D eigenvalue weighted by Gasteiger charge is 2.13. The maximum atomic E-state index is 13.5. The Bertz CT molecular complexity index is 1150. The van der Waals surface area contributed by atoms with Crippen molar-refractivity contribution in [3.8, 4) is 0 Å². The van der Waals surface area contributed by atoms with Crippen LogP contribution in [0.15, 0.2) is 77.4 Å². The Morgan fingerprint density at radius 2 is 1.51 bits per heavy atom. The maximum absolute atomic E-state index is 13.5. The molecule has 0 aliphatic heterocycles. The summed E-state index contributed by atoms with van der Waals surface area (Å²) in [5.74, 6) is 1.14. The number of halogens is 2. The molecule has 236 valence electrons. The first-order chi connectivity index (χ1) is 20.7. The van der Waals surface area contributed by atoms with Gasteiger partial charge in [0.15, 0.2) is 0 Å². The lowest BCUT2D eigenvalue weighted by Crippen LogP contribution is -2.37. The Balaban J connectivity index is 0.00000101. The lowest BCUT2D eigenvalue weighted by atomic mass is 10.0. The number of aliphatic imine (C=N–C) groups is 1. The van der Waals surface area contributed by atoms with Crippen molar-refractivity contribution < 1.29 is 13.6 Å². The molecule has 0 bridgehead atoms. The predicted molar refractivity (Wildman–Crippen MR) is 178 cm³/mol. The third-order valence-electron chi connectivity index (χ3n) is 6.86. The predicted octanol–water partition coefficient (Wildman–Crippen LogP) is 7.93. The molecule has 6 nitrogen and oxygen atoms in total. The first-order valence-corrected chi connectivity index (χ1v) is 15.2. The molecule has 0 fully saturated rings. The minimum absolute atomic E-state index is 0.312. The van der Waals surface area contributed by atoms with Gasteiger partial charge in [-0.3, -0.25) is 14.8 Å². The van der Waals surface area contributed by atoms with Crippen LogP contribution in [0.5, 0.6) is 0 Å². The standard InChI is InChI=1S/C27H33F2N5O.C8H18/c1-5-7-27(30-4)33(19-16-31-20-35)17-6-18-34(22(3)24-10-14-26(29)15-11-24)32-21(2)23-8-12-25(28)13-9-23;1-4-6-8(3)7-5-2/h5,7-15,20H,3,6,16-19H2,1-2,4H3,(H,31,35);8H,4-7H2,1-3H3/b7-5-,30-27?,32-21+;. The number of hydrogen-bond acceptors (Lipinski definition) is 4. The van der Waals surface area contributed by atoms with Crippen LogP contribution < -0.4 is 5.32 Å². The fraction of sp³-hybridized carbons (Fsp3) is 0.457. The summed E-state index contributed by atoms with van der Waals surface area (Å²) in [4.78, 5) is 17.1. The number of carbonyl (C=O) groups is 1. The topological polar surface area (TPSA) is 60.3 Å². The van der Waals surface area contributed by atoms with E-state index in [1.165, 1.54) is 49.9 Å². The van der Waals surface area contributed by atoms with E-state index in [-0.39, 0.29) is 11.6 Å². The fourth-order valence-electron chi connectivity index (χ4n) is 4.58. The van der Waals surface area contributed by atoms with Gasteiger partial charge in [-0.25, -0.2) is 8.78 Å². The number of hydrogen-bond donors (Lipinski definition) is 1. The van der Waals surface area contributed by atoms with E-state index in [2.05, 4.69) is 42.6 Å². The first kappa shape index (κ1) is 37.2. The molecule has 0 saturated carbocycles. The van der Waals surface area contributed by atoms with E-state index in [1.54, 1.807) is 36.3 Å². The smallest absolute Gasteiger partial charge is 0.207 e.